The molecule has 2 amide bonds. The zero-order chi connectivity index (χ0) is 28.4. The van der Waals surface area contributed by atoms with Crippen molar-refractivity contribution in [3.63, 3.8) is 0 Å². The van der Waals surface area contributed by atoms with Crippen LogP contribution in [0.1, 0.15) is 42.4 Å². The van der Waals surface area contributed by atoms with E-state index in [0.717, 1.165) is 29.5 Å². The van der Waals surface area contributed by atoms with Gasteiger partial charge in [0.1, 0.15) is 6.04 Å². The molecule has 1 atom stereocenters. The van der Waals surface area contributed by atoms with Crippen molar-refractivity contribution in [2.45, 2.75) is 62.0 Å². The van der Waals surface area contributed by atoms with Gasteiger partial charge in [0.2, 0.25) is 21.8 Å². The highest BCUT2D eigenvalue weighted by Gasteiger charge is 2.30. The van der Waals surface area contributed by atoms with E-state index in [1.165, 1.54) is 0 Å². The van der Waals surface area contributed by atoms with Gasteiger partial charge in [0.15, 0.2) is 0 Å². The average molecular weight is 564 g/mol. The van der Waals surface area contributed by atoms with Crippen molar-refractivity contribution < 1.29 is 23.1 Å². The number of nitrogens with zero attached hydrogens (tertiary/aromatic N) is 1. The lowest BCUT2D eigenvalue weighted by Gasteiger charge is -2.31. The van der Waals surface area contributed by atoms with Crippen molar-refractivity contribution in [3.8, 4) is 0 Å². The Balaban J connectivity index is 1.51. The molecule has 0 unspecified atom stereocenters. The minimum atomic E-state index is -3.54. The summed E-state index contributed by atoms with van der Waals surface area (Å²) in [5, 5.41) is 12.1. The standard InChI is InChI=1S/C31H37N3O5S/c35-21-7-20-32-31(37)29(22-25-8-3-1-4-9-25)34(23-26-10-5-2-6-11-26)30(36)19-14-24-12-17-28(18-13-24)40(38,39)33-27-15-16-27/h1-6,8-13,17-18,27,29,33,35H,7,14-16,19-23H2,(H,32,37)/t29-/m0/s1. The lowest BCUT2D eigenvalue weighted by atomic mass is 10.0. The Hall–Kier alpha value is -3.53. The van der Waals surface area contributed by atoms with Crippen LogP contribution in [0.3, 0.4) is 0 Å². The highest BCUT2D eigenvalue weighted by molar-refractivity contribution is 7.89. The molecular weight excluding hydrogens is 526 g/mol. The minimum absolute atomic E-state index is 0.0302. The monoisotopic (exact) mass is 563 g/mol. The maximum Gasteiger partial charge on any atom is 0.243 e. The number of hydrogen-bond acceptors (Lipinski definition) is 5. The third-order valence-corrected chi connectivity index (χ3v) is 8.40. The molecule has 8 nitrogen and oxygen atoms in total. The molecule has 0 bridgehead atoms. The van der Waals surface area contributed by atoms with Gasteiger partial charge in [-0.2, -0.15) is 0 Å². The Kier molecular flexibility index (Phi) is 10.5. The number of carbonyl (C=O) groups is 2. The quantitative estimate of drug-likeness (QED) is 0.246. The Bertz CT molecular complexity index is 1340. The number of nitrogens with one attached hydrogen (secondary N) is 2. The normalized spacial score (nSPS) is 13.9. The number of benzene rings is 3. The number of rotatable bonds is 15. The first kappa shape index (κ1) is 29.5. The molecule has 1 aliphatic rings. The van der Waals surface area contributed by atoms with E-state index in [1.807, 2.05) is 60.7 Å². The van der Waals surface area contributed by atoms with Crippen LogP contribution in [-0.4, -0.2) is 55.5 Å². The number of amides is 2. The molecule has 9 heteroatoms. The Morgan fingerprint density at radius 3 is 2.10 bits per heavy atom. The van der Waals surface area contributed by atoms with Crippen molar-refractivity contribution in [2.24, 2.45) is 0 Å². The first-order valence-corrected chi connectivity index (χ1v) is 15.2. The molecule has 3 aromatic carbocycles. The lowest BCUT2D eigenvalue weighted by molar-refractivity contribution is -0.141. The van der Waals surface area contributed by atoms with E-state index < -0.39 is 16.1 Å². The molecule has 212 valence electrons. The molecule has 1 aliphatic carbocycles. The largest absolute Gasteiger partial charge is 0.396 e. The molecule has 3 aromatic rings. The SMILES string of the molecule is O=C(NCCCO)[C@H](Cc1ccccc1)N(Cc1ccccc1)C(=O)CCc1ccc(S(=O)(=O)NC2CC2)cc1. The van der Waals surface area contributed by atoms with Crippen molar-refractivity contribution in [3.05, 3.63) is 102 Å². The first-order chi connectivity index (χ1) is 19.4. The van der Waals surface area contributed by atoms with E-state index in [1.54, 1.807) is 29.2 Å². The van der Waals surface area contributed by atoms with Crippen LogP contribution in [0.25, 0.3) is 0 Å². The number of sulfonamides is 1. The Morgan fingerprint density at radius 1 is 0.875 bits per heavy atom. The Morgan fingerprint density at radius 2 is 1.50 bits per heavy atom. The summed E-state index contributed by atoms with van der Waals surface area (Å²) in [6.07, 6.45) is 3.08. The molecule has 4 rings (SSSR count). The summed E-state index contributed by atoms with van der Waals surface area (Å²) in [5.41, 5.74) is 2.69. The topological polar surface area (TPSA) is 116 Å². The third-order valence-electron chi connectivity index (χ3n) is 6.86. The van der Waals surface area contributed by atoms with Gasteiger partial charge in [0.05, 0.1) is 4.90 Å². The van der Waals surface area contributed by atoms with Crippen molar-refractivity contribution in [1.82, 2.24) is 14.9 Å². The summed E-state index contributed by atoms with van der Waals surface area (Å²) in [4.78, 5) is 29.0. The van der Waals surface area contributed by atoms with E-state index in [0.29, 0.717) is 25.8 Å². The number of aryl methyl sites for hydroxylation is 1. The summed E-state index contributed by atoms with van der Waals surface area (Å²) in [6, 6.07) is 25.1. The van der Waals surface area contributed by atoms with Gasteiger partial charge < -0.3 is 15.3 Å². The van der Waals surface area contributed by atoms with Crippen molar-refractivity contribution in [2.75, 3.05) is 13.2 Å². The molecule has 0 radical (unpaired) electrons. The lowest BCUT2D eigenvalue weighted by Crippen LogP contribution is -2.50. The number of aliphatic hydroxyl groups excluding tert-OH is 1. The van der Waals surface area contributed by atoms with Crippen molar-refractivity contribution in [1.29, 1.82) is 0 Å². The van der Waals surface area contributed by atoms with Crippen LogP contribution in [-0.2, 0) is 39.0 Å². The summed E-state index contributed by atoms with van der Waals surface area (Å²) < 4.78 is 27.6. The van der Waals surface area contributed by atoms with Crippen LogP contribution >= 0.6 is 0 Å². The van der Waals surface area contributed by atoms with E-state index in [2.05, 4.69) is 10.0 Å². The molecule has 0 heterocycles. The van der Waals surface area contributed by atoms with Crippen LogP contribution in [0, 0.1) is 0 Å². The molecule has 3 N–H and O–H groups in total. The van der Waals surface area contributed by atoms with E-state index in [9.17, 15) is 23.1 Å². The molecule has 0 aliphatic heterocycles. The number of aliphatic hydroxyl groups is 1. The van der Waals surface area contributed by atoms with Gasteiger partial charge in [0.25, 0.3) is 0 Å². The van der Waals surface area contributed by atoms with Gasteiger partial charge in [-0.05, 0) is 54.5 Å². The third kappa shape index (κ3) is 8.74. The molecule has 1 saturated carbocycles. The highest BCUT2D eigenvalue weighted by Crippen LogP contribution is 2.23. The molecule has 40 heavy (non-hydrogen) atoms. The summed E-state index contributed by atoms with van der Waals surface area (Å²) in [5.74, 6) is -0.437. The second-order valence-corrected chi connectivity index (χ2v) is 11.8. The maximum absolute atomic E-state index is 13.7. The van der Waals surface area contributed by atoms with Gasteiger partial charge >= 0.3 is 0 Å². The zero-order valence-corrected chi connectivity index (χ0v) is 23.4. The number of carbonyl (C=O) groups excluding carboxylic acids is 2. The van der Waals surface area contributed by atoms with E-state index >= 15 is 0 Å². The first-order valence-electron chi connectivity index (χ1n) is 13.7. The van der Waals surface area contributed by atoms with Gasteiger partial charge in [-0.3, -0.25) is 9.59 Å². The summed E-state index contributed by atoms with van der Waals surface area (Å²) in [6.45, 7) is 0.556. The molecule has 0 aromatic heterocycles. The van der Waals surface area contributed by atoms with Crippen LogP contribution < -0.4 is 10.0 Å². The van der Waals surface area contributed by atoms with E-state index in [4.69, 9.17) is 0 Å². The average Bonchev–Trinajstić information content (AvgIpc) is 3.78. The molecule has 0 spiro atoms. The van der Waals surface area contributed by atoms with Crippen LogP contribution in [0.5, 0.6) is 0 Å². The summed E-state index contributed by atoms with van der Waals surface area (Å²) in [7, 11) is -3.54. The summed E-state index contributed by atoms with van der Waals surface area (Å²) >= 11 is 0. The second kappa shape index (κ2) is 14.2. The fraction of sp³-hybridized carbons (Fsp3) is 0.355. The van der Waals surface area contributed by atoms with Crippen LogP contribution in [0.4, 0.5) is 0 Å². The fourth-order valence-corrected chi connectivity index (χ4v) is 5.77. The predicted octanol–water partition coefficient (Wildman–Crippen LogP) is 3.20. The van der Waals surface area contributed by atoms with Gasteiger partial charge in [-0.25, -0.2) is 13.1 Å². The molecule has 0 saturated heterocycles. The minimum Gasteiger partial charge on any atom is -0.396 e. The second-order valence-electron chi connectivity index (χ2n) is 10.1. The number of hydrogen-bond donors (Lipinski definition) is 3. The van der Waals surface area contributed by atoms with Gasteiger partial charge in [0, 0.05) is 38.6 Å². The predicted molar refractivity (Wildman–Crippen MR) is 154 cm³/mol. The smallest absolute Gasteiger partial charge is 0.243 e. The molecule has 1 fully saturated rings. The van der Waals surface area contributed by atoms with Gasteiger partial charge in [-0.15, -0.1) is 0 Å². The molecular formula is C31H37N3O5S. The van der Waals surface area contributed by atoms with E-state index in [-0.39, 0.29) is 42.3 Å². The zero-order valence-electron chi connectivity index (χ0n) is 22.5. The highest BCUT2D eigenvalue weighted by atomic mass is 32.2. The van der Waals surface area contributed by atoms with Gasteiger partial charge in [-0.1, -0.05) is 72.8 Å². The van der Waals surface area contributed by atoms with Crippen LogP contribution in [0.2, 0.25) is 0 Å². The fourth-order valence-electron chi connectivity index (χ4n) is 4.46. The maximum atomic E-state index is 13.7. The Labute approximate surface area is 236 Å². The van der Waals surface area contributed by atoms with Crippen LogP contribution in [0.15, 0.2) is 89.8 Å². The van der Waals surface area contributed by atoms with Crippen molar-refractivity contribution >= 4 is 21.8 Å².